The number of nitrogens with zero attached hydrogens (tertiary/aromatic N) is 1. The van der Waals surface area contributed by atoms with Crippen LogP contribution < -0.4 is 5.73 Å². The molecule has 0 saturated carbocycles. The molecule has 5 heteroatoms. The molecule has 2 N–H and O–H groups in total. The van der Waals surface area contributed by atoms with Crippen molar-refractivity contribution in [2.24, 2.45) is 5.73 Å². The second-order valence-corrected chi connectivity index (χ2v) is 6.63. The van der Waals surface area contributed by atoms with Gasteiger partial charge in [-0.1, -0.05) is 24.0 Å². The third kappa shape index (κ3) is 3.16. The highest BCUT2D eigenvalue weighted by atomic mass is 32.2. The summed E-state index contributed by atoms with van der Waals surface area (Å²) < 4.78 is 25.3. The number of nitrogens with two attached hydrogens (primary N) is 1. The topological polar surface area (TPSA) is 63.4 Å². The van der Waals surface area contributed by atoms with Gasteiger partial charge in [0.1, 0.15) is 0 Å². The predicted molar refractivity (Wildman–Crippen MR) is 75.9 cm³/mol. The molecule has 1 unspecified atom stereocenters. The van der Waals surface area contributed by atoms with Gasteiger partial charge in [0.05, 0.1) is 12.3 Å². The van der Waals surface area contributed by atoms with Crippen LogP contribution >= 0.6 is 0 Å². The monoisotopic (exact) mass is 278 g/mol. The van der Waals surface area contributed by atoms with Crippen molar-refractivity contribution in [3.8, 4) is 11.8 Å². The number of rotatable bonds is 2. The summed E-state index contributed by atoms with van der Waals surface area (Å²) in [7, 11) is -3.07. The maximum Gasteiger partial charge on any atom is 0.214 e. The van der Waals surface area contributed by atoms with Crippen molar-refractivity contribution in [3.05, 3.63) is 35.4 Å². The molecule has 2 rings (SSSR count). The average Bonchev–Trinajstić information content (AvgIpc) is 2.76. The SMILES string of the molecule is CC(c1ccc(C#CCN)cc1)N1CCCS1(=O)=O. The fraction of sp³-hybridized carbons (Fsp3) is 0.429. The maximum atomic E-state index is 11.9. The molecular formula is C14H18N2O2S. The summed E-state index contributed by atoms with van der Waals surface area (Å²) >= 11 is 0. The minimum absolute atomic E-state index is 0.121. The Morgan fingerprint density at radius 1 is 1.37 bits per heavy atom. The highest BCUT2D eigenvalue weighted by Gasteiger charge is 2.32. The Bertz CT molecular complexity index is 597. The van der Waals surface area contributed by atoms with Gasteiger partial charge in [-0.25, -0.2) is 8.42 Å². The molecule has 4 nitrogen and oxygen atoms in total. The summed E-state index contributed by atoms with van der Waals surface area (Å²) in [6.07, 6.45) is 0.715. The van der Waals surface area contributed by atoms with E-state index in [1.165, 1.54) is 0 Å². The standard InChI is InChI=1S/C14H18N2O2S/c1-12(16-10-3-11-19(16,17)18)14-7-5-13(6-8-14)4-2-9-15/h5-8,12H,3,9-11,15H2,1H3. The molecule has 19 heavy (non-hydrogen) atoms. The van der Waals surface area contributed by atoms with Crippen molar-refractivity contribution < 1.29 is 8.42 Å². The van der Waals surface area contributed by atoms with Gasteiger partial charge < -0.3 is 5.73 Å². The van der Waals surface area contributed by atoms with Gasteiger partial charge in [-0.05, 0) is 31.0 Å². The van der Waals surface area contributed by atoms with Crippen LogP contribution in [0.15, 0.2) is 24.3 Å². The molecule has 1 aromatic rings. The van der Waals surface area contributed by atoms with Gasteiger partial charge >= 0.3 is 0 Å². The van der Waals surface area contributed by atoms with Crippen molar-refractivity contribution in [2.75, 3.05) is 18.8 Å². The van der Waals surface area contributed by atoms with Crippen LogP contribution in [-0.2, 0) is 10.0 Å². The van der Waals surface area contributed by atoms with Crippen LogP contribution in [0.25, 0.3) is 0 Å². The largest absolute Gasteiger partial charge is 0.320 e. The zero-order valence-corrected chi connectivity index (χ0v) is 11.8. The molecule has 0 bridgehead atoms. The zero-order valence-electron chi connectivity index (χ0n) is 11.0. The van der Waals surface area contributed by atoms with Crippen LogP contribution in [-0.4, -0.2) is 31.6 Å². The second-order valence-electron chi connectivity index (χ2n) is 4.58. The van der Waals surface area contributed by atoms with Crippen LogP contribution in [0.4, 0.5) is 0 Å². The van der Waals surface area contributed by atoms with Gasteiger partial charge in [-0.2, -0.15) is 4.31 Å². The number of hydrogen-bond donors (Lipinski definition) is 1. The lowest BCUT2D eigenvalue weighted by molar-refractivity contribution is 0.369. The van der Waals surface area contributed by atoms with E-state index >= 15 is 0 Å². The Kier molecular flexibility index (Phi) is 4.25. The van der Waals surface area contributed by atoms with E-state index < -0.39 is 10.0 Å². The van der Waals surface area contributed by atoms with E-state index in [2.05, 4.69) is 11.8 Å². The fourth-order valence-corrected chi connectivity index (χ4v) is 4.00. The predicted octanol–water partition coefficient (Wildman–Crippen LogP) is 1.09. The van der Waals surface area contributed by atoms with E-state index in [1.54, 1.807) is 4.31 Å². The van der Waals surface area contributed by atoms with E-state index in [9.17, 15) is 8.42 Å². The maximum absolute atomic E-state index is 11.9. The highest BCUT2D eigenvalue weighted by Crippen LogP contribution is 2.27. The Morgan fingerprint density at radius 3 is 2.58 bits per heavy atom. The lowest BCUT2D eigenvalue weighted by Crippen LogP contribution is -2.28. The average molecular weight is 278 g/mol. The van der Waals surface area contributed by atoms with Crippen molar-refractivity contribution in [2.45, 2.75) is 19.4 Å². The molecule has 0 radical (unpaired) electrons. The zero-order chi connectivity index (χ0) is 13.9. The normalized spacial score (nSPS) is 19.7. The third-order valence-electron chi connectivity index (χ3n) is 3.30. The molecule has 0 spiro atoms. The van der Waals surface area contributed by atoms with Gasteiger partial charge in [-0.3, -0.25) is 0 Å². The summed E-state index contributed by atoms with van der Waals surface area (Å²) in [6.45, 7) is 2.87. The minimum atomic E-state index is -3.07. The van der Waals surface area contributed by atoms with Crippen molar-refractivity contribution >= 4 is 10.0 Å². The van der Waals surface area contributed by atoms with E-state index in [1.807, 2.05) is 31.2 Å². The van der Waals surface area contributed by atoms with Crippen molar-refractivity contribution in [1.82, 2.24) is 4.31 Å². The lowest BCUT2D eigenvalue weighted by atomic mass is 10.1. The third-order valence-corrected chi connectivity index (χ3v) is 5.32. The molecule has 1 heterocycles. The molecule has 1 aromatic carbocycles. The van der Waals surface area contributed by atoms with Gasteiger partial charge in [-0.15, -0.1) is 0 Å². The molecule has 1 saturated heterocycles. The molecule has 0 aromatic heterocycles. The number of hydrogen-bond acceptors (Lipinski definition) is 3. The fourth-order valence-electron chi connectivity index (χ4n) is 2.26. The number of benzene rings is 1. The molecule has 0 aliphatic carbocycles. The quantitative estimate of drug-likeness (QED) is 0.824. The van der Waals surface area contributed by atoms with Gasteiger partial charge in [0.15, 0.2) is 0 Å². The van der Waals surface area contributed by atoms with Crippen LogP contribution in [0.3, 0.4) is 0 Å². The van der Waals surface area contributed by atoms with Gasteiger partial charge in [0, 0.05) is 18.2 Å². The van der Waals surface area contributed by atoms with Crippen LogP contribution in [0.1, 0.15) is 30.5 Å². The summed E-state index contributed by atoms with van der Waals surface area (Å²) in [5.74, 6) is 6.00. The molecule has 1 aliphatic rings. The van der Waals surface area contributed by atoms with Gasteiger partial charge in [0.25, 0.3) is 0 Å². The summed E-state index contributed by atoms with van der Waals surface area (Å²) in [4.78, 5) is 0. The molecule has 102 valence electrons. The summed E-state index contributed by atoms with van der Waals surface area (Å²) in [5, 5.41) is 0. The molecular weight excluding hydrogens is 260 g/mol. The minimum Gasteiger partial charge on any atom is -0.320 e. The molecule has 1 aliphatic heterocycles. The Balaban J connectivity index is 2.18. The lowest BCUT2D eigenvalue weighted by Gasteiger charge is -2.23. The van der Waals surface area contributed by atoms with Crippen LogP contribution in [0.2, 0.25) is 0 Å². The van der Waals surface area contributed by atoms with Gasteiger partial charge in [0.2, 0.25) is 10.0 Å². The molecule has 0 amide bonds. The van der Waals surface area contributed by atoms with Crippen LogP contribution in [0.5, 0.6) is 0 Å². The Labute approximate surface area is 114 Å². The highest BCUT2D eigenvalue weighted by molar-refractivity contribution is 7.89. The summed E-state index contributed by atoms with van der Waals surface area (Å²) in [6, 6.07) is 7.54. The van der Waals surface area contributed by atoms with E-state index in [0.717, 1.165) is 11.1 Å². The first-order valence-electron chi connectivity index (χ1n) is 6.33. The van der Waals surface area contributed by atoms with Crippen LogP contribution in [0, 0.1) is 11.8 Å². The molecule has 1 fully saturated rings. The number of sulfonamides is 1. The van der Waals surface area contributed by atoms with Crippen molar-refractivity contribution in [3.63, 3.8) is 0 Å². The first-order valence-corrected chi connectivity index (χ1v) is 7.94. The Hall–Kier alpha value is -1.35. The molecule has 1 atom stereocenters. The Morgan fingerprint density at radius 2 is 2.05 bits per heavy atom. The second kappa shape index (κ2) is 5.74. The van der Waals surface area contributed by atoms with Crippen molar-refractivity contribution in [1.29, 1.82) is 0 Å². The first kappa shape index (κ1) is 14.1. The summed E-state index contributed by atoms with van der Waals surface area (Å²) in [5.41, 5.74) is 7.20. The van der Waals surface area contributed by atoms with E-state index in [-0.39, 0.29) is 11.8 Å². The van der Waals surface area contributed by atoms with E-state index in [4.69, 9.17) is 5.73 Å². The van der Waals surface area contributed by atoms with E-state index in [0.29, 0.717) is 19.5 Å². The smallest absolute Gasteiger partial charge is 0.214 e. The first-order chi connectivity index (χ1) is 9.04.